The maximum absolute atomic E-state index is 12.8. The lowest BCUT2D eigenvalue weighted by atomic mass is 9.76. The van der Waals surface area contributed by atoms with Crippen molar-refractivity contribution in [1.82, 2.24) is 0 Å². The minimum atomic E-state index is -1.28. The predicted octanol–water partition coefficient (Wildman–Crippen LogP) is 5.58. The van der Waals surface area contributed by atoms with E-state index in [0.717, 1.165) is 0 Å². The second-order valence-corrected chi connectivity index (χ2v) is 10.3. The molecule has 5 nitrogen and oxygen atoms in total. The van der Waals surface area contributed by atoms with Crippen molar-refractivity contribution < 1.29 is 19.0 Å². The first-order chi connectivity index (χ1) is 14.2. The molecule has 0 saturated heterocycles. The zero-order valence-corrected chi connectivity index (χ0v) is 19.9. The number of hydrogen-bond donors (Lipinski definition) is 0. The second-order valence-electron chi connectivity index (χ2n) is 7.32. The third-order valence-corrected chi connectivity index (χ3v) is 7.21. The van der Waals surface area contributed by atoms with Crippen molar-refractivity contribution in [3.63, 3.8) is 0 Å². The average Bonchev–Trinajstić information content (AvgIpc) is 2.67. The van der Waals surface area contributed by atoms with Gasteiger partial charge in [0.1, 0.15) is 29.3 Å². The Morgan fingerprint density at radius 3 is 2.43 bits per heavy atom. The monoisotopic (exact) mass is 491 g/mol. The van der Waals surface area contributed by atoms with Crippen LogP contribution < -0.4 is 0 Å². The summed E-state index contributed by atoms with van der Waals surface area (Å²) in [5, 5.41) is 4.58. The Hall–Kier alpha value is -1.05. The van der Waals surface area contributed by atoms with Gasteiger partial charge in [0, 0.05) is 40.6 Å². The van der Waals surface area contributed by atoms with E-state index < -0.39 is 17.1 Å². The topological polar surface area (TPSA) is 78.8 Å². The average molecular weight is 493 g/mol. The van der Waals surface area contributed by atoms with Crippen molar-refractivity contribution in [1.29, 1.82) is 0 Å². The van der Waals surface area contributed by atoms with E-state index >= 15 is 0 Å². The zero-order chi connectivity index (χ0) is 22.3. The number of nitrogens with zero attached hydrogens (tertiary/aromatic N) is 1. The van der Waals surface area contributed by atoms with Crippen molar-refractivity contribution in [2.45, 2.75) is 49.7 Å². The van der Waals surface area contributed by atoms with Gasteiger partial charge in [0.25, 0.3) is 0 Å². The van der Waals surface area contributed by atoms with Gasteiger partial charge in [0.2, 0.25) is 0 Å². The van der Waals surface area contributed by atoms with Gasteiger partial charge in [0.15, 0.2) is 4.90 Å². The van der Waals surface area contributed by atoms with Crippen LogP contribution >= 0.6 is 34.8 Å². The number of oxime groups is 1. The van der Waals surface area contributed by atoms with Crippen LogP contribution in [-0.4, -0.2) is 33.7 Å². The smallest absolute Gasteiger partial charge is 0.155 e. The fourth-order valence-electron chi connectivity index (χ4n) is 3.45. The molecule has 1 aliphatic rings. The van der Waals surface area contributed by atoms with Crippen LogP contribution in [0.2, 0.25) is 10.0 Å². The number of rotatable bonds is 9. The number of ketones is 2. The van der Waals surface area contributed by atoms with E-state index in [1.165, 1.54) is 5.54 Å². The van der Waals surface area contributed by atoms with Gasteiger partial charge >= 0.3 is 0 Å². The largest absolute Gasteiger partial charge is 0.611 e. The fraction of sp³-hybridized carbons (Fsp3) is 0.476. The summed E-state index contributed by atoms with van der Waals surface area (Å²) in [6, 6.07) is 4.88. The lowest BCUT2D eigenvalue weighted by Crippen LogP contribution is -2.38. The molecule has 0 amide bonds. The van der Waals surface area contributed by atoms with Gasteiger partial charge < -0.3 is 9.39 Å². The molecule has 164 valence electrons. The number of carbonyl (C=O) groups excluding carboxylic acids is 2. The second kappa shape index (κ2) is 12.1. The Morgan fingerprint density at radius 2 is 1.87 bits per heavy atom. The number of carbonyl (C=O) groups is 2. The van der Waals surface area contributed by atoms with E-state index in [1.807, 2.05) is 6.92 Å². The molecule has 0 N–H and O–H groups in total. The van der Waals surface area contributed by atoms with Crippen molar-refractivity contribution in [2.75, 3.05) is 6.61 Å². The van der Waals surface area contributed by atoms with Gasteiger partial charge in [-0.15, -0.1) is 0 Å². The number of hydrogen-bond acceptors (Lipinski definition) is 5. The van der Waals surface area contributed by atoms with Gasteiger partial charge in [-0.05, 0) is 55.9 Å². The highest BCUT2D eigenvalue weighted by atomic mass is 35.5. The molecule has 0 spiro atoms. The van der Waals surface area contributed by atoms with Gasteiger partial charge in [-0.2, -0.15) is 0 Å². The van der Waals surface area contributed by atoms with E-state index in [2.05, 4.69) is 5.16 Å². The van der Waals surface area contributed by atoms with Gasteiger partial charge in [-0.25, -0.2) is 0 Å². The van der Waals surface area contributed by atoms with Crippen LogP contribution in [0.25, 0.3) is 0 Å². The number of benzene rings is 1. The highest BCUT2D eigenvalue weighted by molar-refractivity contribution is 7.92. The van der Waals surface area contributed by atoms with E-state index in [4.69, 9.17) is 39.6 Å². The fourth-order valence-corrected chi connectivity index (χ4v) is 5.48. The Labute approximate surface area is 195 Å². The summed E-state index contributed by atoms with van der Waals surface area (Å²) in [6.45, 7) is 3.67. The van der Waals surface area contributed by atoms with Crippen LogP contribution in [0.1, 0.15) is 39.5 Å². The van der Waals surface area contributed by atoms with Gasteiger partial charge in [-0.3, -0.25) is 9.59 Å². The van der Waals surface area contributed by atoms with E-state index in [-0.39, 0.29) is 29.3 Å². The Morgan fingerprint density at radius 1 is 1.27 bits per heavy atom. The Kier molecular flexibility index (Phi) is 10.2. The molecular weight excluding hydrogens is 469 g/mol. The van der Waals surface area contributed by atoms with Crippen molar-refractivity contribution in [2.24, 2.45) is 17.0 Å². The lowest BCUT2D eigenvalue weighted by molar-refractivity contribution is -0.134. The molecule has 0 heterocycles. The van der Waals surface area contributed by atoms with E-state index in [9.17, 15) is 14.1 Å². The molecular formula is C21H24Cl3NO4S. The first-order valence-corrected chi connectivity index (χ1v) is 12.0. The number of Topliss-reactive ketones (excluding diaryl/α,β-unsaturated/α-hetero) is 2. The Bertz CT molecular complexity index is 792. The first-order valence-electron chi connectivity index (χ1n) is 9.56. The summed E-state index contributed by atoms with van der Waals surface area (Å²) >= 11 is 16.1. The summed E-state index contributed by atoms with van der Waals surface area (Å²) in [6.07, 6.45) is 3.41. The van der Waals surface area contributed by atoms with Crippen LogP contribution in [0, 0.1) is 11.8 Å². The van der Waals surface area contributed by atoms with Gasteiger partial charge in [0.05, 0.1) is 5.71 Å². The SMILES string of the molecule is CC(=NOCC=CCl)[C@H]1C(=O)C[C@H](CCC(C)[S+]([O-])c2cc(Cl)cc(Cl)c2)CC1=O. The highest BCUT2D eigenvalue weighted by Gasteiger charge is 2.38. The molecule has 0 aliphatic heterocycles. The molecule has 1 aromatic rings. The third-order valence-electron chi connectivity index (χ3n) is 4.93. The van der Waals surface area contributed by atoms with Crippen LogP contribution in [-0.2, 0) is 25.6 Å². The Balaban J connectivity index is 1.90. The minimum Gasteiger partial charge on any atom is -0.611 e. The third kappa shape index (κ3) is 7.27. The van der Waals surface area contributed by atoms with Crippen LogP contribution in [0.5, 0.6) is 0 Å². The summed E-state index contributed by atoms with van der Waals surface area (Å²) < 4.78 is 12.8. The first kappa shape index (κ1) is 25.2. The molecule has 0 bridgehead atoms. The van der Waals surface area contributed by atoms with Crippen LogP contribution in [0.3, 0.4) is 0 Å². The molecule has 30 heavy (non-hydrogen) atoms. The lowest BCUT2D eigenvalue weighted by Gasteiger charge is -2.27. The zero-order valence-electron chi connectivity index (χ0n) is 16.8. The molecule has 2 rings (SSSR count). The molecule has 1 fully saturated rings. The van der Waals surface area contributed by atoms with Crippen molar-refractivity contribution >= 4 is 63.3 Å². The molecule has 1 saturated carbocycles. The van der Waals surface area contributed by atoms with E-state index in [0.29, 0.717) is 46.3 Å². The summed E-state index contributed by atoms with van der Waals surface area (Å²) in [5.41, 5.74) is 1.67. The molecule has 2 atom stereocenters. The summed E-state index contributed by atoms with van der Waals surface area (Å²) in [4.78, 5) is 30.7. The maximum Gasteiger partial charge on any atom is 0.155 e. The van der Waals surface area contributed by atoms with Crippen LogP contribution in [0.15, 0.2) is 39.9 Å². The predicted molar refractivity (Wildman–Crippen MR) is 122 cm³/mol. The highest BCUT2D eigenvalue weighted by Crippen LogP contribution is 2.31. The number of halogens is 3. The molecule has 0 radical (unpaired) electrons. The van der Waals surface area contributed by atoms with Crippen molar-refractivity contribution in [3.8, 4) is 0 Å². The molecule has 1 aromatic carbocycles. The van der Waals surface area contributed by atoms with Crippen LogP contribution in [0.4, 0.5) is 0 Å². The maximum atomic E-state index is 12.8. The normalized spacial score (nSPS) is 22.4. The summed E-state index contributed by atoms with van der Waals surface area (Å²) in [5.74, 6) is -1.20. The minimum absolute atomic E-state index is 0.0588. The quantitative estimate of drug-likeness (QED) is 0.148. The molecule has 1 aliphatic carbocycles. The van der Waals surface area contributed by atoms with E-state index in [1.54, 1.807) is 31.2 Å². The molecule has 9 heteroatoms. The summed E-state index contributed by atoms with van der Waals surface area (Å²) in [7, 11) is 0. The standard InChI is InChI=1S/C21H24Cl3NO4S/c1-13(30(28)18-11-16(23)10-17(24)12-18)4-5-15-8-19(26)21(20(27)9-15)14(2)25-29-7-3-6-22/h3,6,10-13,15,21H,4-5,7-9H2,1-2H3/t13?,15-,21-,30?. The van der Waals surface area contributed by atoms with Gasteiger partial charge in [-0.1, -0.05) is 40.0 Å². The molecule has 0 aromatic heterocycles. The molecule has 2 unspecified atom stereocenters. The van der Waals surface area contributed by atoms with Crippen molar-refractivity contribution in [3.05, 3.63) is 39.9 Å².